The van der Waals surface area contributed by atoms with Crippen molar-refractivity contribution in [2.75, 3.05) is 26.0 Å². The molecule has 0 aromatic heterocycles. The van der Waals surface area contributed by atoms with Crippen LogP contribution in [0.1, 0.15) is 12.0 Å². The number of sulfonamides is 1. The zero-order valence-corrected chi connectivity index (χ0v) is 14.9. The van der Waals surface area contributed by atoms with Gasteiger partial charge in [0.05, 0.1) is 17.0 Å². The van der Waals surface area contributed by atoms with E-state index in [1.165, 1.54) is 20.2 Å². The molecule has 0 aliphatic carbocycles. The fourth-order valence-corrected chi connectivity index (χ4v) is 3.44. The Morgan fingerprint density at radius 1 is 1.39 bits per heavy atom. The number of β-amino-alcohol motifs (C(OH)–C–C–N with tert-alkyl or cyclic N) is 1. The number of amides is 1. The van der Waals surface area contributed by atoms with Gasteiger partial charge in [-0.15, -0.1) is 12.4 Å². The van der Waals surface area contributed by atoms with Gasteiger partial charge in [0.1, 0.15) is 0 Å². The van der Waals surface area contributed by atoms with E-state index in [-0.39, 0.29) is 23.2 Å². The number of nitrogens with one attached hydrogen (secondary N) is 2. The third kappa shape index (κ3) is 4.42. The smallest absolute Gasteiger partial charge is 0.242 e. The lowest BCUT2D eigenvalue weighted by atomic mass is 10.2. The first-order valence-corrected chi connectivity index (χ1v) is 8.41. The molecule has 9 heteroatoms. The lowest BCUT2D eigenvalue weighted by Crippen LogP contribution is -2.35. The third-order valence-corrected chi connectivity index (χ3v) is 5.60. The third-order valence-electron chi connectivity index (χ3n) is 3.64. The van der Waals surface area contributed by atoms with Crippen molar-refractivity contribution in [3.05, 3.63) is 23.8 Å². The van der Waals surface area contributed by atoms with Gasteiger partial charge in [-0.05, 0) is 31.0 Å². The SMILES string of the molecule is Cc1ccc(NC(=O)C2CC(O)CN2)cc1S(=O)(=O)N(C)C.Cl. The van der Waals surface area contributed by atoms with Crippen molar-refractivity contribution < 1.29 is 18.3 Å². The predicted octanol–water partition coefficient (Wildman–Crippen LogP) is 0.328. The Morgan fingerprint density at radius 3 is 2.57 bits per heavy atom. The van der Waals surface area contributed by atoms with Crippen molar-refractivity contribution in [2.45, 2.75) is 30.4 Å². The molecule has 1 aliphatic heterocycles. The maximum absolute atomic E-state index is 12.3. The molecule has 1 heterocycles. The highest BCUT2D eigenvalue weighted by atomic mass is 35.5. The summed E-state index contributed by atoms with van der Waals surface area (Å²) in [6.07, 6.45) is -0.181. The molecule has 1 amide bonds. The molecule has 2 rings (SSSR count). The summed E-state index contributed by atoms with van der Waals surface area (Å²) >= 11 is 0. The Hall–Kier alpha value is -1.19. The number of hydrogen-bond donors (Lipinski definition) is 3. The second-order valence-corrected chi connectivity index (χ2v) is 7.73. The van der Waals surface area contributed by atoms with E-state index in [2.05, 4.69) is 10.6 Å². The molecule has 0 spiro atoms. The molecule has 3 N–H and O–H groups in total. The lowest BCUT2D eigenvalue weighted by molar-refractivity contribution is -0.117. The molecule has 130 valence electrons. The highest BCUT2D eigenvalue weighted by Gasteiger charge is 2.28. The van der Waals surface area contributed by atoms with Gasteiger partial charge in [0.25, 0.3) is 0 Å². The first kappa shape index (κ1) is 19.9. The Labute approximate surface area is 142 Å². The number of rotatable bonds is 4. The van der Waals surface area contributed by atoms with Crippen LogP contribution in [0.3, 0.4) is 0 Å². The second kappa shape index (κ2) is 7.59. The summed E-state index contributed by atoms with van der Waals surface area (Å²) in [5, 5.41) is 15.0. The van der Waals surface area contributed by atoms with Gasteiger partial charge >= 0.3 is 0 Å². The number of aliphatic hydroxyl groups is 1. The topological polar surface area (TPSA) is 98.7 Å². The van der Waals surface area contributed by atoms with Crippen LogP contribution in [-0.4, -0.2) is 56.5 Å². The van der Waals surface area contributed by atoms with Gasteiger partial charge in [-0.1, -0.05) is 6.07 Å². The minimum Gasteiger partial charge on any atom is -0.392 e. The van der Waals surface area contributed by atoms with Crippen LogP contribution in [0.15, 0.2) is 23.1 Å². The molecule has 2 atom stereocenters. The maximum Gasteiger partial charge on any atom is 0.242 e. The van der Waals surface area contributed by atoms with Gasteiger partial charge in [0.15, 0.2) is 0 Å². The number of halogens is 1. The van der Waals surface area contributed by atoms with Crippen molar-refractivity contribution >= 4 is 34.0 Å². The molecule has 0 saturated carbocycles. The predicted molar refractivity (Wildman–Crippen MR) is 90.3 cm³/mol. The Bertz CT molecular complexity index is 679. The van der Waals surface area contributed by atoms with Crippen molar-refractivity contribution in [1.29, 1.82) is 0 Å². The minimum absolute atomic E-state index is 0. The summed E-state index contributed by atoms with van der Waals surface area (Å²) < 4.78 is 25.7. The summed E-state index contributed by atoms with van der Waals surface area (Å²) in [6.45, 7) is 2.09. The zero-order chi connectivity index (χ0) is 16.5. The van der Waals surface area contributed by atoms with Crippen LogP contribution in [0.2, 0.25) is 0 Å². The monoisotopic (exact) mass is 363 g/mol. The Morgan fingerprint density at radius 2 is 2.04 bits per heavy atom. The van der Waals surface area contributed by atoms with E-state index in [1.807, 2.05) is 0 Å². The van der Waals surface area contributed by atoms with Crippen molar-refractivity contribution in [3.8, 4) is 0 Å². The molecular formula is C14H22ClN3O4S. The van der Waals surface area contributed by atoms with Gasteiger partial charge in [0, 0.05) is 26.3 Å². The zero-order valence-electron chi connectivity index (χ0n) is 13.2. The molecule has 1 fully saturated rings. The van der Waals surface area contributed by atoms with E-state index in [1.54, 1.807) is 19.1 Å². The Kier molecular flexibility index (Phi) is 6.55. The molecule has 2 unspecified atom stereocenters. The standard InChI is InChI=1S/C14H21N3O4S.ClH/c1-9-4-5-10(6-13(9)22(20,21)17(2)3)16-14(19)12-7-11(18)8-15-12;/h4-6,11-12,15,18H,7-8H2,1-3H3,(H,16,19);1H. The van der Waals surface area contributed by atoms with Crippen molar-refractivity contribution in [3.63, 3.8) is 0 Å². The van der Waals surface area contributed by atoms with E-state index in [0.29, 0.717) is 24.2 Å². The summed E-state index contributed by atoms with van der Waals surface area (Å²) in [6, 6.07) is 4.30. The summed E-state index contributed by atoms with van der Waals surface area (Å²) in [5.74, 6) is -0.284. The average molecular weight is 364 g/mol. The van der Waals surface area contributed by atoms with E-state index in [9.17, 15) is 18.3 Å². The number of benzene rings is 1. The largest absolute Gasteiger partial charge is 0.392 e. The highest BCUT2D eigenvalue weighted by molar-refractivity contribution is 7.89. The van der Waals surface area contributed by atoms with Crippen LogP contribution in [0.4, 0.5) is 5.69 Å². The van der Waals surface area contributed by atoms with Crippen LogP contribution < -0.4 is 10.6 Å². The molecule has 23 heavy (non-hydrogen) atoms. The average Bonchev–Trinajstić information content (AvgIpc) is 2.87. The van der Waals surface area contributed by atoms with Gasteiger partial charge in [-0.3, -0.25) is 4.79 Å². The number of carbonyl (C=O) groups excluding carboxylic acids is 1. The molecule has 0 radical (unpaired) electrons. The Balaban J connectivity index is 0.00000264. The quantitative estimate of drug-likeness (QED) is 0.716. The maximum atomic E-state index is 12.3. The van der Waals surface area contributed by atoms with Crippen LogP contribution in [-0.2, 0) is 14.8 Å². The molecule has 1 aromatic carbocycles. The first-order chi connectivity index (χ1) is 10.2. The number of hydrogen-bond acceptors (Lipinski definition) is 5. The van der Waals surface area contributed by atoms with Crippen LogP contribution in [0.5, 0.6) is 0 Å². The molecule has 1 aliphatic rings. The molecular weight excluding hydrogens is 342 g/mol. The molecule has 7 nitrogen and oxygen atoms in total. The van der Waals surface area contributed by atoms with Crippen LogP contribution in [0, 0.1) is 6.92 Å². The number of aliphatic hydroxyl groups excluding tert-OH is 1. The van der Waals surface area contributed by atoms with E-state index in [0.717, 1.165) is 4.31 Å². The number of anilines is 1. The summed E-state index contributed by atoms with van der Waals surface area (Å²) in [5.41, 5.74) is 1.03. The second-order valence-electron chi connectivity index (χ2n) is 5.61. The van der Waals surface area contributed by atoms with Gasteiger partial charge in [-0.25, -0.2) is 12.7 Å². The minimum atomic E-state index is -3.57. The fraction of sp³-hybridized carbons (Fsp3) is 0.500. The van der Waals surface area contributed by atoms with Crippen LogP contribution >= 0.6 is 12.4 Å². The number of aryl methyl sites for hydroxylation is 1. The normalized spacial score (nSPS) is 21.1. The van der Waals surface area contributed by atoms with Gasteiger partial charge in [-0.2, -0.15) is 0 Å². The molecule has 0 bridgehead atoms. The van der Waals surface area contributed by atoms with E-state index in [4.69, 9.17) is 0 Å². The fourth-order valence-electron chi connectivity index (χ4n) is 2.30. The van der Waals surface area contributed by atoms with Gasteiger partial charge in [0.2, 0.25) is 15.9 Å². The highest BCUT2D eigenvalue weighted by Crippen LogP contribution is 2.22. The number of nitrogens with zero attached hydrogens (tertiary/aromatic N) is 1. The van der Waals surface area contributed by atoms with Crippen molar-refractivity contribution in [2.24, 2.45) is 0 Å². The molecule has 1 saturated heterocycles. The first-order valence-electron chi connectivity index (χ1n) is 6.97. The lowest BCUT2D eigenvalue weighted by Gasteiger charge is -2.16. The van der Waals surface area contributed by atoms with Gasteiger partial charge < -0.3 is 15.7 Å². The van der Waals surface area contributed by atoms with E-state index < -0.39 is 22.2 Å². The summed E-state index contributed by atoms with van der Waals surface area (Å²) in [4.78, 5) is 12.3. The summed E-state index contributed by atoms with van der Waals surface area (Å²) in [7, 11) is -0.643. The van der Waals surface area contributed by atoms with E-state index >= 15 is 0 Å². The number of carbonyl (C=O) groups is 1. The van der Waals surface area contributed by atoms with Crippen LogP contribution in [0.25, 0.3) is 0 Å². The van der Waals surface area contributed by atoms with Crippen molar-refractivity contribution in [1.82, 2.24) is 9.62 Å². The molecule has 1 aromatic rings.